The van der Waals surface area contributed by atoms with Gasteiger partial charge in [-0.1, -0.05) is 60.2 Å². The number of benzene rings is 3. The molecule has 2 saturated heterocycles. The van der Waals surface area contributed by atoms with Crippen molar-refractivity contribution >= 4 is 35.0 Å². The second kappa shape index (κ2) is 12.2. The SMILES string of the molecule is Cc1ccc(CNC(=O)c2ccccc2NC(=O)C2CCN(C(=O)C3CC(=O)N(c4ccccc4)C3)CC2)cc1. The van der Waals surface area contributed by atoms with E-state index in [0.29, 0.717) is 50.3 Å². The Labute approximate surface area is 234 Å². The summed E-state index contributed by atoms with van der Waals surface area (Å²) in [7, 11) is 0. The number of carbonyl (C=O) groups excluding carboxylic acids is 4. The molecule has 2 fully saturated rings. The van der Waals surface area contributed by atoms with Crippen LogP contribution >= 0.6 is 0 Å². The number of hydrogen-bond acceptors (Lipinski definition) is 4. The Bertz CT molecular complexity index is 1380. The van der Waals surface area contributed by atoms with E-state index in [9.17, 15) is 19.2 Å². The van der Waals surface area contributed by atoms with E-state index in [4.69, 9.17) is 0 Å². The van der Waals surface area contributed by atoms with Crippen LogP contribution in [-0.2, 0) is 20.9 Å². The highest BCUT2D eigenvalue weighted by Crippen LogP contribution is 2.28. The fourth-order valence-corrected chi connectivity index (χ4v) is 5.36. The minimum atomic E-state index is -0.372. The molecule has 2 aliphatic heterocycles. The molecule has 4 amide bonds. The van der Waals surface area contributed by atoms with Gasteiger partial charge in [-0.15, -0.1) is 0 Å². The van der Waals surface area contributed by atoms with E-state index in [-0.39, 0.29) is 41.9 Å². The maximum atomic E-state index is 13.2. The molecule has 0 spiro atoms. The summed E-state index contributed by atoms with van der Waals surface area (Å²) in [5, 5.41) is 5.87. The van der Waals surface area contributed by atoms with Crippen molar-refractivity contribution in [3.63, 3.8) is 0 Å². The second-order valence-corrected chi connectivity index (χ2v) is 10.5. The fourth-order valence-electron chi connectivity index (χ4n) is 5.36. The van der Waals surface area contributed by atoms with Crippen molar-refractivity contribution in [2.45, 2.75) is 32.7 Å². The molecule has 0 aliphatic carbocycles. The third kappa shape index (κ3) is 6.22. The van der Waals surface area contributed by atoms with Crippen LogP contribution in [0.3, 0.4) is 0 Å². The van der Waals surface area contributed by atoms with Crippen LogP contribution in [0.1, 0.15) is 40.7 Å². The Hall–Kier alpha value is -4.46. The zero-order valence-electron chi connectivity index (χ0n) is 22.6. The summed E-state index contributed by atoms with van der Waals surface area (Å²) < 4.78 is 0. The molecule has 5 rings (SSSR count). The first-order valence-electron chi connectivity index (χ1n) is 13.8. The highest BCUT2D eigenvalue weighted by Gasteiger charge is 2.38. The number of nitrogens with zero attached hydrogens (tertiary/aromatic N) is 2. The minimum absolute atomic E-state index is 0.0266. The fraction of sp³-hybridized carbons (Fsp3) is 0.312. The quantitative estimate of drug-likeness (QED) is 0.472. The molecule has 8 heteroatoms. The molecule has 8 nitrogen and oxygen atoms in total. The van der Waals surface area contributed by atoms with Crippen LogP contribution in [0, 0.1) is 18.8 Å². The van der Waals surface area contributed by atoms with E-state index < -0.39 is 0 Å². The van der Waals surface area contributed by atoms with Gasteiger partial charge in [0.2, 0.25) is 17.7 Å². The highest BCUT2D eigenvalue weighted by atomic mass is 16.2. The number of likely N-dealkylation sites (tertiary alicyclic amines) is 1. The molecule has 0 radical (unpaired) electrons. The maximum absolute atomic E-state index is 13.2. The lowest BCUT2D eigenvalue weighted by Crippen LogP contribution is -2.44. The van der Waals surface area contributed by atoms with Gasteiger partial charge in [-0.25, -0.2) is 0 Å². The summed E-state index contributed by atoms with van der Waals surface area (Å²) in [5.41, 5.74) is 3.84. The molecule has 2 N–H and O–H groups in total. The normalized spacial score (nSPS) is 17.5. The van der Waals surface area contributed by atoms with Gasteiger partial charge >= 0.3 is 0 Å². The van der Waals surface area contributed by atoms with Crippen molar-refractivity contribution in [3.8, 4) is 0 Å². The van der Waals surface area contributed by atoms with Gasteiger partial charge in [0.05, 0.1) is 17.2 Å². The Morgan fingerprint density at radius 1 is 0.850 bits per heavy atom. The van der Waals surface area contributed by atoms with Crippen molar-refractivity contribution in [2.75, 3.05) is 29.9 Å². The molecule has 40 heavy (non-hydrogen) atoms. The van der Waals surface area contributed by atoms with Gasteiger partial charge in [-0.3, -0.25) is 19.2 Å². The standard InChI is InChI=1S/C32H34N4O4/c1-22-11-13-23(14-12-22)20-33-31(39)27-9-5-6-10-28(27)34-30(38)24-15-17-35(18-16-24)32(40)25-19-29(37)36(21-25)26-7-3-2-4-8-26/h2-14,24-25H,15-21H2,1H3,(H,33,39)(H,34,38). The summed E-state index contributed by atoms with van der Waals surface area (Å²) in [4.78, 5) is 55.3. The van der Waals surface area contributed by atoms with Crippen molar-refractivity contribution in [3.05, 3.63) is 95.6 Å². The Balaban J connectivity index is 1.13. The van der Waals surface area contributed by atoms with Crippen LogP contribution in [-0.4, -0.2) is 48.2 Å². The van der Waals surface area contributed by atoms with Crippen molar-refractivity contribution < 1.29 is 19.2 Å². The third-order valence-electron chi connectivity index (χ3n) is 7.72. The van der Waals surface area contributed by atoms with E-state index >= 15 is 0 Å². The molecule has 2 heterocycles. The lowest BCUT2D eigenvalue weighted by Gasteiger charge is -2.33. The average Bonchev–Trinajstić information content (AvgIpc) is 3.38. The number of rotatable bonds is 7. The van der Waals surface area contributed by atoms with Gasteiger partial charge in [0.1, 0.15) is 0 Å². The summed E-state index contributed by atoms with van der Waals surface area (Å²) in [6, 6.07) is 24.3. The van der Waals surface area contributed by atoms with Crippen molar-refractivity contribution in [1.29, 1.82) is 0 Å². The van der Waals surface area contributed by atoms with Crippen molar-refractivity contribution in [2.24, 2.45) is 11.8 Å². The number of carbonyl (C=O) groups is 4. The highest BCUT2D eigenvalue weighted by molar-refractivity contribution is 6.04. The van der Waals surface area contributed by atoms with E-state index in [1.165, 1.54) is 0 Å². The van der Waals surface area contributed by atoms with Crippen LogP contribution in [0.25, 0.3) is 0 Å². The number of piperidine rings is 1. The largest absolute Gasteiger partial charge is 0.348 e. The Kier molecular flexibility index (Phi) is 8.24. The summed E-state index contributed by atoms with van der Waals surface area (Å²) in [6.45, 7) is 3.71. The van der Waals surface area contributed by atoms with Gasteiger partial charge in [0.15, 0.2) is 0 Å². The molecular formula is C32H34N4O4. The summed E-state index contributed by atoms with van der Waals surface area (Å²) in [5.74, 6) is -1.12. The first kappa shape index (κ1) is 27.1. The van der Waals surface area contributed by atoms with Gasteiger partial charge < -0.3 is 20.4 Å². The Morgan fingerprint density at radius 3 is 2.25 bits per heavy atom. The smallest absolute Gasteiger partial charge is 0.253 e. The molecule has 3 aromatic rings. The van der Waals surface area contributed by atoms with Crippen LogP contribution in [0.2, 0.25) is 0 Å². The first-order chi connectivity index (χ1) is 19.4. The molecular weight excluding hydrogens is 504 g/mol. The van der Waals surface area contributed by atoms with E-state index in [1.807, 2.05) is 61.5 Å². The van der Waals surface area contributed by atoms with E-state index in [0.717, 1.165) is 16.8 Å². The number of hydrogen-bond donors (Lipinski definition) is 2. The van der Waals surface area contributed by atoms with Gasteiger partial charge in [0.25, 0.3) is 5.91 Å². The maximum Gasteiger partial charge on any atom is 0.253 e. The van der Waals surface area contributed by atoms with E-state index in [1.54, 1.807) is 34.1 Å². The zero-order valence-corrected chi connectivity index (χ0v) is 22.6. The van der Waals surface area contributed by atoms with Crippen LogP contribution in [0.4, 0.5) is 11.4 Å². The van der Waals surface area contributed by atoms with Crippen LogP contribution in [0.15, 0.2) is 78.9 Å². The monoisotopic (exact) mass is 538 g/mol. The predicted molar refractivity (Wildman–Crippen MR) is 154 cm³/mol. The van der Waals surface area contributed by atoms with Crippen molar-refractivity contribution in [1.82, 2.24) is 10.2 Å². The van der Waals surface area contributed by atoms with E-state index in [2.05, 4.69) is 10.6 Å². The van der Waals surface area contributed by atoms with Gasteiger partial charge in [-0.05, 0) is 49.6 Å². The summed E-state index contributed by atoms with van der Waals surface area (Å²) in [6.07, 6.45) is 1.27. The third-order valence-corrected chi connectivity index (χ3v) is 7.72. The van der Waals surface area contributed by atoms with Gasteiger partial charge in [-0.2, -0.15) is 0 Å². The average molecular weight is 539 g/mol. The lowest BCUT2D eigenvalue weighted by atomic mass is 9.94. The predicted octanol–water partition coefficient (Wildman–Crippen LogP) is 4.16. The molecule has 3 aromatic carbocycles. The number of anilines is 2. The minimum Gasteiger partial charge on any atom is -0.348 e. The lowest BCUT2D eigenvalue weighted by molar-refractivity contribution is -0.138. The number of amides is 4. The van der Waals surface area contributed by atoms with Crippen LogP contribution < -0.4 is 15.5 Å². The molecule has 206 valence electrons. The topological polar surface area (TPSA) is 98.8 Å². The van der Waals surface area contributed by atoms with Gasteiger partial charge in [0, 0.05) is 44.2 Å². The van der Waals surface area contributed by atoms with Crippen LogP contribution in [0.5, 0.6) is 0 Å². The molecule has 1 atom stereocenters. The molecule has 0 aromatic heterocycles. The molecule has 1 unspecified atom stereocenters. The molecule has 0 bridgehead atoms. The first-order valence-corrected chi connectivity index (χ1v) is 13.8. The Morgan fingerprint density at radius 2 is 1.52 bits per heavy atom. The second-order valence-electron chi connectivity index (χ2n) is 10.5. The summed E-state index contributed by atoms with van der Waals surface area (Å²) >= 11 is 0. The molecule has 2 aliphatic rings. The number of nitrogens with one attached hydrogen (secondary N) is 2. The number of aryl methyl sites for hydroxylation is 1. The zero-order chi connectivity index (χ0) is 28.1. The number of para-hydroxylation sites is 2. The molecule has 0 saturated carbocycles.